The van der Waals surface area contributed by atoms with E-state index in [-0.39, 0.29) is 64.5 Å². The maximum Gasteiger partial charge on any atom is 0.271 e. The molecular weight excluding hydrogens is 615 g/mol. The lowest BCUT2D eigenvalue weighted by Gasteiger charge is -2.36. The maximum absolute atomic E-state index is 14.3. The van der Waals surface area contributed by atoms with Gasteiger partial charge in [-0.15, -0.1) is 11.3 Å². The molecule has 250 valence electrons. The minimum absolute atomic E-state index is 0.0504. The van der Waals surface area contributed by atoms with Gasteiger partial charge in [-0.2, -0.15) is 0 Å². The predicted octanol–water partition coefficient (Wildman–Crippen LogP) is 5.38. The predicted molar refractivity (Wildman–Crippen MR) is 176 cm³/mol. The van der Waals surface area contributed by atoms with Crippen molar-refractivity contribution in [1.82, 2.24) is 9.80 Å². The molecule has 0 bridgehead atoms. The van der Waals surface area contributed by atoms with Crippen molar-refractivity contribution in [3.8, 4) is 5.75 Å². The van der Waals surface area contributed by atoms with Crippen LogP contribution in [0.1, 0.15) is 82.5 Å². The Labute approximate surface area is 272 Å². The van der Waals surface area contributed by atoms with Crippen LogP contribution in [0.5, 0.6) is 5.75 Å². The summed E-state index contributed by atoms with van der Waals surface area (Å²) in [6.45, 7) is 6.66. The first-order valence-corrected chi connectivity index (χ1v) is 18.5. The Hall–Kier alpha value is -2.67. The third kappa shape index (κ3) is 9.43. The second-order valence-corrected chi connectivity index (χ2v) is 15.5. The van der Waals surface area contributed by atoms with Crippen LogP contribution in [-0.2, 0) is 19.6 Å². The van der Waals surface area contributed by atoms with Gasteiger partial charge in [-0.25, -0.2) is 8.42 Å². The zero-order valence-corrected chi connectivity index (χ0v) is 28.6. The molecule has 45 heavy (non-hydrogen) atoms. The number of aliphatic hydroxyl groups is 1. The Morgan fingerprint density at radius 3 is 2.56 bits per heavy atom. The zero-order valence-electron chi connectivity index (χ0n) is 26.9. The summed E-state index contributed by atoms with van der Waals surface area (Å²) in [6.07, 6.45) is 7.08. The number of hydrogen-bond acceptors (Lipinski definition) is 8. The molecule has 1 aliphatic heterocycles. The number of amides is 2. The molecule has 1 aliphatic carbocycles. The average Bonchev–Trinajstić information content (AvgIpc) is 3.59. The van der Waals surface area contributed by atoms with Crippen molar-refractivity contribution < 1.29 is 32.6 Å². The van der Waals surface area contributed by atoms with Gasteiger partial charge in [-0.05, 0) is 75.6 Å². The van der Waals surface area contributed by atoms with Gasteiger partial charge in [-0.1, -0.05) is 32.3 Å². The van der Waals surface area contributed by atoms with Crippen molar-refractivity contribution in [2.24, 2.45) is 11.8 Å². The van der Waals surface area contributed by atoms with E-state index in [4.69, 9.17) is 9.47 Å². The van der Waals surface area contributed by atoms with Crippen LogP contribution < -0.4 is 9.46 Å². The van der Waals surface area contributed by atoms with E-state index in [9.17, 15) is 23.1 Å². The Morgan fingerprint density at radius 1 is 1.13 bits per heavy atom. The zero-order chi connectivity index (χ0) is 32.6. The lowest BCUT2D eigenvalue weighted by atomic mass is 9.88. The third-order valence-corrected chi connectivity index (χ3v) is 11.6. The number of carbonyl (C=O) groups is 2. The molecule has 12 heteroatoms. The summed E-state index contributed by atoms with van der Waals surface area (Å²) >= 11 is 1.10. The van der Waals surface area contributed by atoms with E-state index in [1.54, 1.807) is 40.3 Å². The molecule has 2 heterocycles. The Morgan fingerprint density at radius 2 is 1.87 bits per heavy atom. The summed E-state index contributed by atoms with van der Waals surface area (Å²) in [4.78, 5) is 31.0. The van der Waals surface area contributed by atoms with Crippen molar-refractivity contribution in [2.45, 2.75) is 94.6 Å². The molecule has 2 aromatic rings. The second kappa shape index (κ2) is 16.2. The van der Waals surface area contributed by atoms with E-state index in [0.717, 1.165) is 56.3 Å². The molecule has 2 aliphatic rings. The van der Waals surface area contributed by atoms with Crippen LogP contribution in [0.3, 0.4) is 0 Å². The summed E-state index contributed by atoms with van der Waals surface area (Å²) in [6, 6.07) is 7.38. The number of nitrogens with zero attached hydrogens (tertiary/aromatic N) is 2. The highest BCUT2D eigenvalue weighted by atomic mass is 32.2. The number of fused-ring (bicyclic) bond motifs is 1. The van der Waals surface area contributed by atoms with E-state index < -0.39 is 16.1 Å². The molecule has 0 spiro atoms. The van der Waals surface area contributed by atoms with E-state index >= 15 is 0 Å². The van der Waals surface area contributed by atoms with Gasteiger partial charge in [0.2, 0.25) is 5.91 Å². The van der Waals surface area contributed by atoms with Crippen molar-refractivity contribution in [3.63, 3.8) is 0 Å². The second-order valence-electron chi connectivity index (χ2n) is 12.6. The van der Waals surface area contributed by atoms with Crippen LogP contribution in [-0.4, -0.2) is 86.7 Å². The molecule has 1 fully saturated rings. The molecule has 2 N–H and O–H groups in total. The van der Waals surface area contributed by atoms with Crippen LogP contribution in [0.4, 0.5) is 5.69 Å². The number of likely N-dealkylation sites (N-methyl/N-ethyl adjacent to an activating group) is 1. The van der Waals surface area contributed by atoms with Gasteiger partial charge >= 0.3 is 0 Å². The van der Waals surface area contributed by atoms with E-state index in [1.165, 1.54) is 18.6 Å². The Balaban J connectivity index is 1.63. The molecule has 1 saturated carbocycles. The summed E-state index contributed by atoms with van der Waals surface area (Å²) in [5, 5.41) is 11.9. The highest BCUT2D eigenvalue weighted by Gasteiger charge is 2.32. The highest BCUT2D eigenvalue weighted by molar-refractivity contribution is 7.94. The van der Waals surface area contributed by atoms with Gasteiger partial charge < -0.3 is 24.4 Å². The van der Waals surface area contributed by atoms with Gasteiger partial charge in [0.1, 0.15) is 9.96 Å². The first-order chi connectivity index (χ1) is 21.5. The third-order valence-electron chi connectivity index (χ3n) is 8.85. The molecule has 10 nitrogen and oxygen atoms in total. The van der Waals surface area contributed by atoms with Crippen molar-refractivity contribution in [3.05, 3.63) is 41.3 Å². The lowest BCUT2D eigenvalue weighted by molar-refractivity contribution is -0.137. The minimum atomic E-state index is -3.84. The Kier molecular flexibility index (Phi) is 12.7. The van der Waals surface area contributed by atoms with Gasteiger partial charge in [-0.3, -0.25) is 14.3 Å². The highest BCUT2D eigenvalue weighted by Crippen LogP contribution is 2.30. The fraction of sp³-hybridized carbons (Fsp3) is 0.636. The molecule has 0 unspecified atom stereocenters. The monoisotopic (exact) mass is 663 g/mol. The fourth-order valence-corrected chi connectivity index (χ4v) is 8.13. The van der Waals surface area contributed by atoms with E-state index in [2.05, 4.69) is 4.72 Å². The normalized spacial score (nSPS) is 23.4. The summed E-state index contributed by atoms with van der Waals surface area (Å²) < 4.78 is 41.4. The molecule has 2 amide bonds. The number of benzene rings is 1. The van der Waals surface area contributed by atoms with E-state index in [0.29, 0.717) is 18.9 Å². The van der Waals surface area contributed by atoms with Crippen molar-refractivity contribution in [1.29, 1.82) is 0 Å². The largest absolute Gasteiger partial charge is 0.490 e. The van der Waals surface area contributed by atoms with Crippen LogP contribution in [0.25, 0.3) is 0 Å². The van der Waals surface area contributed by atoms with Gasteiger partial charge in [0.25, 0.3) is 15.9 Å². The first-order valence-electron chi connectivity index (χ1n) is 16.2. The number of carbonyl (C=O) groups excluding carboxylic acids is 2. The van der Waals surface area contributed by atoms with Crippen molar-refractivity contribution in [2.75, 3.05) is 38.1 Å². The average molecular weight is 664 g/mol. The number of nitrogens with one attached hydrogen (secondary N) is 1. The van der Waals surface area contributed by atoms with E-state index in [1.807, 2.05) is 20.9 Å². The standard InChI is InChI=1S/C33H49N3O7S2/c1-23-20-36(24(2)22-37)33(39)28-19-27(34-45(40,41)31-14-10-18-44-31)15-16-29(28)43-25(3)11-8-9-17-42-30(23)21-35(4)32(38)26-12-6-5-7-13-26/h10,14-16,18-19,23-26,30,34,37H,5-9,11-13,17,20-22H2,1-4H3/t23-,24-,25-,30+/m1/s1. The molecule has 4 rings (SSSR count). The SMILES string of the molecule is C[C@@H]1CCCCO[C@@H](CN(C)C(=O)C2CCCCC2)[C@H](C)CN([C@H](C)CO)C(=O)c2cc(NS(=O)(=O)c3cccs3)ccc2O1. The molecule has 1 aromatic carbocycles. The molecule has 1 aromatic heterocycles. The number of thiophene rings is 1. The summed E-state index contributed by atoms with van der Waals surface area (Å²) in [5.74, 6) is 0.00651. The molecule has 0 radical (unpaired) electrons. The maximum atomic E-state index is 14.3. The molecule has 4 atom stereocenters. The van der Waals surface area contributed by atoms with Gasteiger partial charge in [0, 0.05) is 44.3 Å². The molecule has 0 saturated heterocycles. The quantitative estimate of drug-likeness (QED) is 0.388. The van der Waals surface area contributed by atoms with Crippen LogP contribution in [0.15, 0.2) is 39.9 Å². The van der Waals surface area contributed by atoms with Gasteiger partial charge in [0.15, 0.2) is 0 Å². The van der Waals surface area contributed by atoms with Crippen LogP contribution >= 0.6 is 11.3 Å². The number of hydrogen-bond donors (Lipinski definition) is 2. The number of ether oxygens (including phenoxy) is 2. The number of rotatable bonds is 8. The van der Waals surface area contributed by atoms with Crippen LogP contribution in [0.2, 0.25) is 0 Å². The van der Waals surface area contributed by atoms with Crippen LogP contribution in [0, 0.1) is 11.8 Å². The smallest absolute Gasteiger partial charge is 0.271 e. The van der Waals surface area contributed by atoms with Crippen molar-refractivity contribution >= 4 is 38.9 Å². The Bertz CT molecular complexity index is 1360. The number of sulfonamides is 1. The molecular formula is C33H49N3O7S2. The number of anilines is 1. The minimum Gasteiger partial charge on any atom is -0.490 e. The van der Waals surface area contributed by atoms with Gasteiger partial charge in [0.05, 0.1) is 30.4 Å². The first kappa shape index (κ1) is 35.2. The lowest BCUT2D eigenvalue weighted by Crippen LogP contribution is -2.48. The summed E-state index contributed by atoms with van der Waals surface area (Å²) in [7, 11) is -2.00. The summed E-state index contributed by atoms with van der Waals surface area (Å²) in [5.41, 5.74) is 0.446. The fourth-order valence-electron chi connectivity index (χ4n) is 6.09. The topological polar surface area (TPSA) is 125 Å². The number of aliphatic hydroxyl groups excluding tert-OH is 1.